The number of rotatable bonds is 5. The van der Waals surface area contributed by atoms with Crippen LogP contribution in [0, 0.1) is 0 Å². The van der Waals surface area contributed by atoms with E-state index in [0.29, 0.717) is 11.3 Å². The molecule has 1 saturated heterocycles. The first-order valence-corrected chi connectivity index (χ1v) is 6.25. The van der Waals surface area contributed by atoms with E-state index in [2.05, 4.69) is 18.7 Å². The van der Waals surface area contributed by atoms with E-state index in [1.54, 1.807) is 0 Å². The molecule has 1 aliphatic rings. The zero-order valence-corrected chi connectivity index (χ0v) is 9.72. The van der Waals surface area contributed by atoms with Crippen LogP contribution in [0.2, 0.25) is 0 Å². The van der Waals surface area contributed by atoms with Crippen LogP contribution in [0.4, 0.5) is 0 Å². The quantitative estimate of drug-likeness (QED) is 0.760. The molecule has 14 heavy (non-hydrogen) atoms. The lowest BCUT2D eigenvalue weighted by Crippen LogP contribution is -2.39. The van der Waals surface area contributed by atoms with Gasteiger partial charge in [0.15, 0.2) is 0 Å². The highest BCUT2D eigenvalue weighted by atomic mass is 32.2. The van der Waals surface area contributed by atoms with Crippen molar-refractivity contribution in [1.29, 1.82) is 0 Å². The maximum Gasteiger partial charge on any atom is 0.317 e. The molecule has 0 spiro atoms. The van der Waals surface area contributed by atoms with Crippen LogP contribution in [0.25, 0.3) is 0 Å². The van der Waals surface area contributed by atoms with Gasteiger partial charge in [-0.1, -0.05) is 13.8 Å². The third kappa shape index (κ3) is 3.50. The second-order valence-electron chi connectivity index (χ2n) is 3.90. The minimum absolute atomic E-state index is 0.200. The average Bonchev–Trinajstić information content (AvgIpc) is 2.50. The fraction of sp³-hybridized carbons (Fsp3) is 0.900. The zero-order chi connectivity index (χ0) is 10.6. The molecule has 2 unspecified atom stereocenters. The van der Waals surface area contributed by atoms with Gasteiger partial charge in [0.1, 0.15) is 0 Å². The largest absolute Gasteiger partial charge is 0.480 e. The topological polar surface area (TPSA) is 40.5 Å². The summed E-state index contributed by atoms with van der Waals surface area (Å²) in [7, 11) is 0. The van der Waals surface area contributed by atoms with Gasteiger partial charge in [-0.25, -0.2) is 0 Å². The fourth-order valence-corrected chi connectivity index (χ4v) is 3.16. The van der Waals surface area contributed by atoms with Gasteiger partial charge < -0.3 is 5.11 Å². The van der Waals surface area contributed by atoms with E-state index in [4.69, 9.17) is 5.11 Å². The molecule has 0 saturated carbocycles. The van der Waals surface area contributed by atoms with Gasteiger partial charge in [-0.2, -0.15) is 11.8 Å². The van der Waals surface area contributed by atoms with Crippen LogP contribution in [0.15, 0.2) is 0 Å². The summed E-state index contributed by atoms with van der Waals surface area (Å²) in [5.74, 6) is 0.386. The maximum absolute atomic E-state index is 10.7. The summed E-state index contributed by atoms with van der Waals surface area (Å²) in [6.45, 7) is 5.42. The number of carboxylic acid groups (broad SMARTS) is 1. The molecule has 1 aliphatic heterocycles. The van der Waals surface area contributed by atoms with Crippen molar-refractivity contribution >= 4 is 17.7 Å². The Bertz CT molecular complexity index is 199. The van der Waals surface area contributed by atoms with Crippen molar-refractivity contribution in [2.45, 2.75) is 38.0 Å². The lowest BCUT2D eigenvalue weighted by Gasteiger charge is -2.26. The van der Waals surface area contributed by atoms with Crippen LogP contribution < -0.4 is 0 Å². The Kier molecular flexibility index (Phi) is 4.75. The van der Waals surface area contributed by atoms with Crippen molar-refractivity contribution < 1.29 is 9.90 Å². The van der Waals surface area contributed by atoms with Crippen molar-refractivity contribution in [3.8, 4) is 0 Å². The van der Waals surface area contributed by atoms with E-state index in [1.807, 2.05) is 11.8 Å². The standard InChI is InChI=1S/C10H19NO2S/c1-3-4-11(6-10(12)13)9-5-8(2)14-7-9/h8-9H,3-7H2,1-2H3,(H,12,13). The highest BCUT2D eigenvalue weighted by Crippen LogP contribution is 2.29. The summed E-state index contributed by atoms with van der Waals surface area (Å²) in [5, 5.41) is 9.48. The van der Waals surface area contributed by atoms with Gasteiger partial charge in [-0.3, -0.25) is 9.69 Å². The van der Waals surface area contributed by atoms with Gasteiger partial charge in [0.25, 0.3) is 0 Å². The lowest BCUT2D eigenvalue weighted by molar-refractivity contribution is -0.138. The van der Waals surface area contributed by atoms with Crippen LogP contribution in [-0.4, -0.2) is 46.1 Å². The second kappa shape index (κ2) is 5.61. The Balaban J connectivity index is 2.44. The molecule has 1 heterocycles. The molecule has 0 amide bonds. The van der Waals surface area contributed by atoms with Gasteiger partial charge in [0.05, 0.1) is 6.54 Å². The molecule has 1 rings (SSSR count). The molecule has 0 aromatic carbocycles. The predicted octanol–water partition coefficient (Wildman–Crippen LogP) is 1.68. The van der Waals surface area contributed by atoms with Crippen molar-refractivity contribution in [1.82, 2.24) is 4.90 Å². The summed E-state index contributed by atoms with van der Waals surface area (Å²) >= 11 is 1.95. The van der Waals surface area contributed by atoms with E-state index < -0.39 is 5.97 Å². The Morgan fingerprint density at radius 2 is 2.36 bits per heavy atom. The Morgan fingerprint density at radius 1 is 1.64 bits per heavy atom. The summed E-state index contributed by atoms with van der Waals surface area (Å²) in [6.07, 6.45) is 2.17. The van der Waals surface area contributed by atoms with Crippen LogP contribution in [0.5, 0.6) is 0 Å². The molecular weight excluding hydrogens is 198 g/mol. The smallest absolute Gasteiger partial charge is 0.317 e. The summed E-state index contributed by atoms with van der Waals surface area (Å²) < 4.78 is 0. The predicted molar refractivity (Wildman–Crippen MR) is 59.8 cm³/mol. The SMILES string of the molecule is CCCN(CC(=O)O)C1CSC(C)C1. The number of nitrogens with zero attached hydrogens (tertiary/aromatic N) is 1. The normalized spacial score (nSPS) is 27.1. The van der Waals surface area contributed by atoms with E-state index in [9.17, 15) is 4.79 Å². The minimum Gasteiger partial charge on any atom is -0.480 e. The second-order valence-corrected chi connectivity index (χ2v) is 5.37. The van der Waals surface area contributed by atoms with Gasteiger partial charge in [0, 0.05) is 17.0 Å². The summed E-state index contributed by atoms with van der Waals surface area (Å²) in [5.41, 5.74) is 0. The van der Waals surface area contributed by atoms with E-state index in [0.717, 1.165) is 25.1 Å². The van der Waals surface area contributed by atoms with E-state index in [1.165, 1.54) is 0 Å². The molecule has 4 heteroatoms. The van der Waals surface area contributed by atoms with Gasteiger partial charge in [-0.05, 0) is 19.4 Å². The molecular formula is C10H19NO2S. The molecule has 82 valence electrons. The number of aliphatic carboxylic acids is 1. The molecule has 0 bridgehead atoms. The van der Waals surface area contributed by atoms with Crippen molar-refractivity contribution in [2.24, 2.45) is 0 Å². The Morgan fingerprint density at radius 3 is 2.79 bits per heavy atom. The molecule has 3 nitrogen and oxygen atoms in total. The first-order chi connectivity index (χ1) is 6.63. The number of carbonyl (C=O) groups is 1. The van der Waals surface area contributed by atoms with Gasteiger partial charge >= 0.3 is 5.97 Å². The first-order valence-electron chi connectivity index (χ1n) is 5.21. The minimum atomic E-state index is -0.706. The fourth-order valence-electron chi connectivity index (χ4n) is 1.90. The first kappa shape index (κ1) is 11.9. The van der Waals surface area contributed by atoms with Crippen LogP contribution in [0.1, 0.15) is 26.7 Å². The average molecular weight is 217 g/mol. The number of carboxylic acids is 1. The highest BCUT2D eigenvalue weighted by molar-refractivity contribution is 8.00. The Hall–Kier alpha value is -0.220. The van der Waals surface area contributed by atoms with Gasteiger partial charge in [-0.15, -0.1) is 0 Å². The molecule has 2 atom stereocenters. The Labute approximate surface area is 89.9 Å². The van der Waals surface area contributed by atoms with Crippen molar-refractivity contribution in [2.75, 3.05) is 18.8 Å². The number of hydrogen-bond acceptors (Lipinski definition) is 3. The van der Waals surface area contributed by atoms with Crippen LogP contribution in [0.3, 0.4) is 0 Å². The number of thioether (sulfide) groups is 1. The monoisotopic (exact) mass is 217 g/mol. The summed E-state index contributed by atoms with van der Waals surface area (Å²) in [6, 6.07) is 0.478. The van der Waals surface area contributed by atoms with Crippen molar-refractivity contribution in [3.63, 3.8) is 0 Å². The molecule has 0 aliphatic carbocycles. The number of hydrogen-bond donors (Lipinski definition) is 1. The lowest BCUT2D eigenvalue weighted by atomic mass is 10.1. The zero-order valence-electron chi connectivity index (χ0n) is 8.90. The van der Waals surface area contributed by atoms with Crippen molar-refractivity contribution in [3.05, 3.63) is 0 Å². The molecule has 0 aromatic rings. The molecule has 0 aromatic heterocycles. The summed E-state index contributed by atoms with van der Waals surface area (Å²) in [4.78, 5) is 12.8. The van der Waals surface area contributed by atoms with Crippen LogP contribution in [-0.2, 0) is 4.79 Å². The van der Waals surface area contributed by atoms with E-state index >= 15 is 0 Å². The highest BCUT2D eigenvalue weighted by Gasteiger charge is 2.27. The molecule has 1 N–H and O–H groups in total. The third-order valence-electron chi connectivity index (χ3n) is 2.54. The third-order valence-corrected chi connectivity index (χ3v) is 3.88. The molecule has 1 fully saturated rings. The van der Waals surface area contributed by atoms with Gasteiger partial charge in [0.2, 0.25) is 0 Å². The van der Waals surface area contributed by atoms with Crippen LogP contribution >= 0.6 is 11.8 Å². The molecule has 0 radical (unpaired) electrons. The maximum atomic E-state index is 10.7. The van der Waals surface area contributed by atoms with E-state index in [-0.39, 0.29) is 6.54 Å².